The van der Waals surface area contributed by atoms with Gasteiger partial charge in [-0.25, -0.2) is 18.9 Å². The Bertz CT molecular complexity index is 901. The Labute approximate surface area is 177 Å². The Hall–Kier alpha value is -2.11. The van der Waals surface area contributed by atoms with Gasteiger partial charge in [-0.3, -0.25) is 4.55 Å². The van der Waals surface area contributed by atoms with Crippen molar-refractivity contribution in [3.8, 4) is 5.88 Å². The normalized spacial score (nSPS) is 28.8. The first-order chi connectivity index (χ1) is 14.5. The summed E-state index contributed by atoms with van der Waals surface area (Å²) in [6.45, 7) is 0.250. The van der Waals surface area contributed by atoms with Crippen LogP contribution in [0.3, 0.4) is 0 Å². The summed E-state index contributed by atoms with van der Waals surface area (Å²) in [5.41, 5.74) is 2.46. The molecule has 1 saturated carbocycles. The van der Waals surface area contributed by atoms with E-state index in [1.54, 1.807) is 13.2 Å². The fourth-order valence-corrected chi connectivity index (χ4v) is 4.66. The zero-order chi connectivity index (χ0) is 21.1. The fraction of sp³-hybridized carbons (Fsp3) is 0.500. The average Bonchev–Trinajstić information content (AvgIpc) is 3.26. The molecule has 9 nitrogen and oxygen atoms in total. The minimum atomic E-state index is -2.09. The summed E-state index contributed by atoms with van der Waals surface area (Å²) < 4.78 is 33.7. The average molecular weight is 435 g/mol. The number of nitrogens with zero attached hydrogens (tertiary/aromatic N) is 2. The van der Waals surface area contributed by atoms with Gasteiger partial charge in [0.15, 0.2) is 0 Å². The van der Waals surface area contributed by atoms with E-state index in [4.69, 9.17) is 14.0 Å². The lowest BCUT2D eigenvalue weighted by molar-refractivity contribution is 0.0959. The number of hydrogen-bond donors (Lipinski definition) is 4. The number of rotatable bonds is 8. The van der Waals surface area contributed by atoms with E-state index in [0.29, 0.717) is 24.5 Å². The Morgan fingerprint density at radius 1 is 1.27 bits per heavy atom. The summed E-state index contributed by atoms with van der Waals surface area (Å²) in [6, 6.07) is 9.98. The number of methoxy groups -OCH3 is 1. The Morgan fingerprint density at radius 3 is 2.90 bits per heavy atom. The topological polar surface area (TPSA) is 126 Å². The maximum atomic E-state index is 10.8. The lowest BCUT2D eigenvalue weighted by Gasteiger charge is -2.21. The lowest BCUT2D eigenvalue weighted by atomic mass is 10.1. The van der Waals surface area contributed by atoms with Crippen molar-refractivity contribution in [1.29, 1.82) is 0 Å². The van der Waals surface area contributed by atoms with Crippen LogP contribution in [0.5, 0.6) is 5.88 Å². The molecular weight excluding hydrogens is 408 g/mol. The van der Waals surface area contributed by atoms with Crippen molar-refractivity contribution in [3.05, 3.63) is 47.8 Å². The SMILES string of the molecule is CO[C@H]1Cc2ccccc2[C@H]1Nc1cc(O[C@@H]2C[C@@H](CNS(=O)O)[C@H](O)C2)ncn1. The van der Waals surface area contributed by atoms with Crippen molar-refractivity contribution in [2.45, 2.75) is 43.6 Å². The first-order valence-corrected chi connectivity index (χ1v) is 11.0. The van der Waals surface area contributed by atoms with Crippen molar-refractivity contribution in [2.24, 2.45) is 5.92 Å². The third kappa shape index (κ3) is 4.79. The third-order valence-electron chi connectivity index (χ3n) is 5.80. The molecule has 0 saturated heterocycles. The second kappa shape index (κ2) is 9.36. The van der Waals surface area contributed by atoms with Crippen LogP contribution in [0, 0.1) is 5.92 Å². The highest BCUT2D eigenvalue weighted by molar-refractivity contribution is 7.77. The van der Waals surface area contributed by atoms with Gasteiger partial charge in [0.05, 0.1) is 18.2 Å². The predicted molar refractivity (Wildman–Crippen MR) is 111 cm³/mol. The molecule has 4 N–H and O–H groups in total. The number of anilines is 1. The summed E-state index contributed by atoms with van der Waals surface area (Å²) in [5.74, 6) is 0.906. The van der Waals surface area contributed by atoms with Gasteiger partial charge in [-0.2, -0.15) is 0 Å². The van der Waals surface area contributed by atoms with E-state index in [0.717, 1.165) is 6.42 Å². The highest BCUT2D eigenvalue weighted by Gasteiger charge is 2.35. The van der Waals surface area contributed by atoms with Gasteiger partial charge in [0.25, 0.3) is 0 Å². The van der Waals surface area contributed by atoms with E-state index >= 15 is 0 Å². The number of hydrogen-bond acceptors (Lipinski definition) is 7. The Kier molecular flexibility index (Phi) is 6.59. The minimum Gasteiger partial charge on any atom is -0.474 e. The van der Waals surface area contributed by atoms with E-state index in [1.165, 1.54) is 17.5 Å². The summed E-state index contributed by atoms with van der Waals surface area (Å²) in [5, 5.41) is 13.6. The highest BCUT2D eigenvalue weighted by atomic mass is 32.2. The van der Waals surface area contributed by atoms with Crippen molar-refractivity contribution in [3.63, 3.8) is 0 Å². The zero-order valence-electron chi connectivity index (χ0n) is 16.6. The molecule has 1 unspecified atom stereocenters. The van der Waals surface area contributed by atoms with E-state index in [2.05, 4.69) is 32.1 Å². The van der Waals surface area contributed by atoms with Crippen LogP contribution in [0.15, 0.2) is 36.7 Å². The molecule has 6 atom stereocenters. The molecule has 0 aliphatic heterocycles. The summed E-state index contributed by atoms with van der Waals surface area (Å²) in [4.78, 5) is 8.51. The van der Waals surface area contributed by atoms with Crippen molar-refractivity contribution in [1.82, 2.24) is 14.7 Å². The maximum absolute atomic E-state index is 10.8. The lowest BCUT2D eigenvalue weighted by Crippen LogP contribution is -2.28. The molecule has 1 heterocycles. The van der Waals surface area contributed by atoms with E-state index in [1.807, 2.05) is 12.1 Å². The number of benzene rings is 1. The van der Waals surface area contributed by atoms with Crippen molar-refractivity contribution < 1.29 is 23.3 Å². The first kappa shape index (κ1) is 21.1. The molecule has 4 rings (SSSR count). The molecule has 1 aromatic heterocycles. The van der Waals surface area contributed by atoms with Gasteiger partial charge >= 0.3 is 0 Å². The number of aliphatic hydroxyl groups excluding tert-OH is 1. The van der Waals surface area contributed by atoms with Crippen LogP contribution in [0.4, 0.5) is 5.82 Å². The number of ether oxygens (including phenoxy) is 2. The highest BCUT2D eigenvalue weighted by Crippen LogP contribution is 2.36. The van der Waals surface area contributed by atoms with E-state index < -0.39 is 17.4 Å². The first-order valence-electron chi connectivity index (χ1n) is 9.91. The van der Waals surface area contributed by atoms with Gasteiger partial charge in [0.1, 0.15) is 18.2 Å². The van der Waals surface area contributed by atoms with Crippen LogP contribution in [0.25, 0.3) is 0 Å². The second-order valence-corrected chi connectivity index (χ2v) is 8.46. The molecule has 2 aliphatic carbocycles. The zero-order valence-corrected chi connectivity index (χ0v) is 17.4. The Morgan fingerprint density at radius 2 is 2.10 bits per heavy atom. The smallest absolute Gasteiger partial charge is 0.231 e. The second-order valence-electron chi connectivity index (χ2n) is 7.68. The largest absolute Gasteiger partial charge is 0.474 e. The molecule has 30 heavy (non-hydrogen) atoms. The molecule has 1 aromatic carbocycles. The van der Waals surface area contributed by atoms with Gasteiger partial charge in [0.2, 0.25) is 17.1 Å². The molecular formula is C20H26N4O5S. The quantitative estimate of drug-likeness (QED) is 0.460. The predicted octanol–water partition coefficient (Wildman–Crippen LogP) is 1.45. The number of aromatic nitrogens is 2. The molecule has 10 heteroatoms. The van der Waals surface area contributed by atoms with Crippen LogP contribution >= 0.6 is 0 Å². The molecule has 0 amide bonds. The van der Waals surface area contributed by atoms with Crippen LogP contribution in [0.1, 0.15) is 30.0 Å². The van der Waals surface area contributed by atoms with Gasteiger partial charge in [-0.05, 0) is 17.5 Å². The van der Waals surface area contributed by atoms with Gasteiger partial charge in [-0.1, -0.05) is 24.3 Å². The summed E-state index contributed by atoms with van der Waals surface area (Å²) in [6.07, 6.45) is 2.49. The standard InChI is InChI=1S/C20H26N4O5S/c1-28-17-7-12-4-2-3-5-15(12)20(17)24-18-9-19(22-11-21-18)29-14-6-13(16(25)8-14)10-23-30(26)27/h2-5,9,11,13-14,16-17,20,23,25H,6-8,10H2,1H3,(H,26,27)(H,21,22,24)/t13-,14+,16+,17-,20+/m0/s1. The van der Waals surface area contributed by atoms with Crippen molar-refractivity contribution in [2.75, 3.05) is 19.0 Å². The molecule has 2 aromatic rings. The van der Waals surface area contributed by atoms with E-state index in [9.17, 15) is 9.32 Å². The van der Waals surface area contributed by atoms with Crippen LogP contribution in [-0.4, -0.2) is 55.8 Å². The molecule has 162 valence electrons. The van der Waals surface area contributed by atoms with Gasteiger partial charge < -0.3 is 19.9 Å². The monoisotopic (exact) mass is 434 g/mol. The number of fused-ring (bicyclic) bond motifs is 1. The molecule has 0 radical (unpaired) electrons. The van der Waals surface area contributed by atoms with Gasteiger partial charge in [0, 0.05) is 38.5 Å². The molecule has 0 spiro atoms. The molecule has 1 fully saturated rings. The molecule has 2 aliphatic rings. The fourth-order valence-electron chi connectivity index (χ4n) is 4.31. The third-order valence-corrected chi connectivity index (χ3v) is 6.22. The summed E-state index contributed by atoms with van der Waals surface area (Å²) >= 11 is -2.09. The van der Waals surface area contributed by atoms with Gasteiger partial charge in [-0.15, -0.1) is 0 Å². The summed E-state index contributed by atoms with van der Waals surface area (Å²) in [7, 11) is 1.71. The number of nitrogens with one attached hydrogen (secondary N) is 2. The Balaban J connectivity index is 1.41. The maximum Gasteiger partial charge on any atom is 0.231 e. The molecule has 0 bridgehead atoms. The van der Waals surface area contributed by atoms with E-state index in [-0.39, 0.29) is 30.7 Å². The van der Waals surface area contributed by atoms with Crippen molar-refractivity contribution >= 4 is 17.1 Å². The number of aliphatic hydroxyl groups is 1. The van der Waals surface area contributed by atoms with Crippen LogP contribution in [0.2, 0.25) is 0 Å². The van der Waals surface area contributed by atoms with Crippen LogP contribution in [-0.2, 0) is 22.4 Å². The minimum absolute atomic E-state index is 0.0112. The van der Waals surface area contributed by atoms with Crippen LogP contribution < -0.4 is 14.8 Å².